The summed E-state index contributed by atoms with van der Waals surface area (Å²) in [5.74, 6) is -0.651. The van der Waals surface area contributed by atoms with Gasteiger partial charge in [0.2, 0.25) is 0 Å². The van der Waals surface area contributed by atoms with E-state index in [1.807, 2.05) is 12.1 Å². The minimum Gasteiger partial charge on any atom is -0.412 e. The van der Waals surface area contributed by atoms with E-state index in [1.165, 1.54) is 18.3 Å². The number of piperazine rings is 1. The number of rotatable bonds is 7. The molecular weight excluding hydrogens is 461 g/mol. The second kappa shape index (κ2) is 11.8. The molecule has 0 bridgehead atoms. The van der Waals surface area contributed by atoms with Crippen LogP contribution in [0.1, 0.15) is 21.6 Å². The Bertz CT molecular complexity index is 1230. The van der Waals surface area contributed by atoms with E-state index in [9.17, 15) is 14.4 Å². The number of nitrogens with one attached hydrogen (secondary N) is 1. The number of carbonyl (C=O) groups is 1. The summed E-state index contributed by atoms with van der Waals surface area (Å²) in [6, 6.07) is 13.6. The van der Waals surface area contributed by atoms with Crippen molar-refractivity contribution in [2.75, 3.05) is 63.6 Å². The van der Waals surface area contributed by atoms with E-state index in [1.54, 1.807) is 29.8 Å². The maximum atomic E-state index is 13.2. The molecule has 1 aliphatic heterocycles. The maximum Gasteiger partial charge on any atom is 0.259 e. The molecule has 1 aromatic heterocycles. The zero-order valence-corrected chi connectivity index (χ0v) is 20.8. The first-order valence-electron chi connectivity index (χ1n) is 11.6. The van der Waals surface area contributed by atoms with Crippen molar-refractivity contribution in [3.63, 3.8) is 0 Å². The van der Waals surface area contributed by atoms with Crippen LogP contribution in [-0.2, 0) is 0 Å². The first kappa shape index (κ1) is 26.8. The van der Waals surface area contributed by atoms with Gasteiger partial charge >= 0.3 is 0 Å². The molecule has 190 valence electrons. The number of benzene rings is 2. The van der Waals surface area contributed by atoms with Crippen molar-refractivity contribution < 1.29 is 14.7 Å². The molecule has 2 heterocycles. The molecule has 1 amide bonds. The highest BCUT2D eigenvalue weighted by molar-refractivity contribution is 6.05. The number of hydrogen-bond acceptors (Lipinski definition) is 6. The molecule has 0 atom stereocenters. The van der Waals surface area contributed by atoms with Gasteiger partial charge in [0.1, 0.15) is 11.9 Å². The molecule has 3 N–H and O–H groups in total. The number of likely N-dealkylation sites (N-methyl/N-ethyl adjacent to an activating group) is 1. The van der Waals surface area contributed by atoms with Crippen molar-refractivity contribution in [1.29, 1.82) is 5.26 Å². The van der Waals surface area contributed by atoms with Crippen molar-refractivity contribution >= 4 is 17.3 Å². The molecule has 0 unspecified atom stereocenters. The van der Waals surface area contributed by atoms with Crippen molar-refractivity contribution in [1.82, 2.24) is 19.6 Å². The molecule has 2 aromatic carbocycles. The average Bonchev–Trinajstić information content (AvgIpc) is 3.25. The fraction of sp³-hybridized carbons (Fsp3) is 0.346. The Morgan fingerprint density at radius 1 is 1.14 bits per heavy atom. The summed E-state index contributed by atoms with van der Waals surface area (Å²) in [5, 5.41) is 16.9. The van der Waals surface area contributed by atoms with E-state index in [4.69, 9.17) is 0 Å². The standard InChI is InChI=1S/C26H30FN7O.H2O/c1-19-24(18-29-34(19)23-7-4-21(27)5-8-23)26(35)30-22-6-9-25(20(16-22)17-28)33-14-12-32(13-15-33)11-10-31(2)3;/h4-9,16,18H,10-15H2,1-3H3,(H,30,35);1H2. The number of carbonyl (C=O) groups excluding carboxylic acids is 1. The number of halogens is 1. The van der Waals surface area contributed by atoms with Gasteiger partial charge in [-0.2, -0.15) is 10.4 Å². The molecule has 0 aliphatic carbocycles. The van der Waals surface area contributed by atoms with Crippen LogP contribution in [0.25, 0.3) is 5.69 Å². The Labute approximate surface area is 210 Å². The van der Waals surface area contributed by atoms with E-state index in [-0.39, 0.29) is 17.2 Å². The third kappa shape index (κ3) is 6.07. The molecule has 4 rings (SSSR count). The Balaban J connectivity index is 0.00000361. The van der Waals surface area contributed by atoms with Crippen molar-refractivity contribution in [3.8, 4) is 11.8 Å². The lowest BCUT2D eigenvalue weighted by molar-refractivity contribution is 0.102. The molecule has 0 radical (unpaired) electrons. The largest absolute Gasteiger partial charge is 0.412 e. The Morgan fingerprint density at radius 3 is 2.47 bits per heavy atom. The monoisotopic (exact) mass is 493 g/mol. The van der Waals surface area contributed by atoms with E-state index >= 15 is 0 Å². The quantitative estimate of drug-likeness (QED) is 0.541. The number of nitrogens with zero attached hydrogens (tertiary/aromatic N) is 6. The molecule has 0 saturated carbocycles. The predicted molar refractivity (Wildman–Crippen MR) is 138 cm³/mol. The minimum absolute atomic E-state index is 0. The number of aromatic nitrogens is 2. The van der Waals surface area contributed by atoms with Crippen LogP contribution in [-0.4, -0.2) is 84.3 Å². The van der Waals surface area contributed by atoms with Gasteiger partial charge in [0.15, 0.2) is 0 Å². The van der Waals surface area contributed by atoms with Crippen LogP contribution >= 0.6 is 0 Å². The van der Waals surface area contributed by atoms with Gasteiger partial charge < -0.3 is 20.6 Å². The zero-order valence-electron chi connectivity index (χ0n) is 20.8. The zero-order chi connectivity index (χ0) is 24.9. The Kier molecular flexibility index (Phi) is 8.77. The molecule has 1 fully saturated rings. The predicted octanol–water partition coefficient (Wildman–Crippen LogP) is 2.30. The van der Waals surface area contributed by atoms with Gasteiger partial charge in [-0.1, -0.05) is 0 Å². The smallest absolute Gasteiger partial charge is 0.259 e. The third-order valence-electron chi connectivity index (χ3n) is 6.28. The Hall–Kier alpha value is -3.78. The lowest BCUT2D eigenvalue weighted by Gasteiger charge is -2.37. The van der Waals surface area contributed by atoms with Crippen LogP contribution in [0.5, 0.6) is 0 Å². The fourth-order valence-electron chi connectivity index (χ4n) is 4.21. The van der Waals surface area contributed by atoms with Crippen LogP contribution in [0.2, 0.25) is 0 Å². The summed E-state index contributed by atoms with van der Waals surface area (Å²) < 4.78 is 14.8. The molecule has 10 heteroatoms. The lowest BCUT2D eigenvalue weighted by Crippen LogP contribution is -2.48. The summed E-state index contributed by atoms with van der Waals surface area (Å²) in [4.78, 5) is 19.8. The normalized spacial score (nSPS) is 13.8. The second-order valence-electron chi connectivity index (χ2n) is 8.96. The molecule has 0 spiro atoms. The minimum atomic E-state index is -0.334. The summed E-state index contributed by atoms with van der Waals surface area (Å²) in [7, 11) is 4.16. The lowest BCUT2D eigenvalue weighted by atomic mass is 10.1. The highest BCUT2D eigenvalue weighted by Crippen LogP contribution is 2.26. The molecule has 3 aromatic rings. The van der Waals surface area contributed by atoms with E-state index < -0.39 is 0 Å². The average molecular weight is 494 g/mol. The van der Waals surface area contributed by atoms with Crippen molar-refractivity contribution in [3.05, 3.63) is 71.3 Å². The summed E-state index contributed by atoms with van der Waals surface area (Å²) >= 11 is 0. The fourth-order valence-corrected chi connectivity index (χ4v) is 4.21. The number of anilines is 2. The second-order valence-corrected chi connectivity index (χ2v) is 8.96. The van der Waals surface area contributed by atoms with Crippen molar-refractivity contribution in [2.45, 2.75) is 6.92 Å². The highest BCUT2D eigenvalue weighted by atomic mass is 19.1. The summed E-state index contributed by atoms with van der Waals surface area (Å²) in [6.45, 7) is 7.47. The Morgan fingerprint density at radius 2 is 1.83 bits per heavy atom. The van der Waals surface area contributed by atoms with E-state index in [2.05, 4.69) is 45.3 Å². The number of amides is 1. The van der Waals surface area contributed by atoms with E-state index in [0.717, 1.165) is 45.0 Å². The molecule has 9 nitrogen and oxygen atoms in total. The first-order valence-corrected chi connectivity index (χ1v) is 11.6. The summed E-state index contributed by atoms with van der Waals surface area (Å²) in [6.07, 6.45) is 1.49. The number of hydrogen-bond donors (Lipinski definition) is 1. The van der Waals surface area contributed by atoms with Crippen molar-refractivity contribution in [2.24, 2.45) is 0 Å². The van der Waals surface area contributed by atoms with Gasteiger partial charge in [-0.15, -0.1) is 0 Å². The molecule has 36 heavy (non-hydrogen) atoms. The van der Waals surface area contributed by atoms with Gasteiger partial charge in [-0.3, -0.25) is 9.69 Å². The van der Waals surface area contributed by atoms with Gasteiger partial charge in [0.25, 0.3) is 5.91 Å². The number of nitriles is 1. The molecule has 1 saturated heterocycles. The van der Waals surface area contributed by atoms with Crippen LogP contribution < -0.4 is 10.2 Å². The SMILES string of the molecule is Cc1c(C(=O)Nc2ccc(N3CCN(CCN(C)C)CC3)c(C#N)c2)cnn1-c1ccc(F)cc1.O. The summed E-state index contributed by atoms with van der Waals surface area (Å²) in [5.41, 5.74) is 3.68. The van der Waals surface area contributed by atoms with Gasteiger partial charge in [-0.05, 0) is 63.5 Å². The molecular formula is C26H32FN7O2. The maximum absolute atomic E-state index is 13.2. The first-order chi connectivity index (χ1) is 16.9. The third-order valence-corrected chi connectivity index (χ3v) is 6.28. The van der Waals surface area contributed by atoms with Crippen LogP contribution in [0.15, 0.2) is 48.7 Å². The van der Waals surface area contributed by atoms with Gasteiger partial charge in [0, 0.05) is 45.0 Å². The topological polar surface area (TPSA) is 112 Å². The van der Waals surface area contributed by atoms with Gasteiger partial charge in [0.05, 0.1) is 34.4 Å². The van der Waals surface area contributed by atoms with Crippen LogP contribution in [0, 0.1) is 24.1 Å². The van der Waals surface area contributed by atoms with Crippen LogP contribution in [0.4, 0.5) is 15.8 Å². The highest BCUT2D eigenvalue weighted by Gasteiger charge is 2.20. The van der Waals surface area contributed by atoms with E-state index in [0.29, 0.717) is 28.2 Å². The van der Waals surface area contributed by atoms with Gasteiger partial charge in [-0.25, -0.2) is 9.07 Å². The molecule has 1 aliphatic rings. The van der Waals surface area contributed by atoms with Crippen LogP contribution in [0.3, 0.4) is 0 Å².